The molecular formula is C32H40N2O10S. The van der Waals surface area contributed by atoms with Crippen molar-refractivity contribution >= 4 is 33.1 Å². The number of ether oxygens (including phenoxy) is 4. The second-order valence-electron chi connectivity index (χ2n) is 11.9. The third-order valence-electron chi connectivity index (χ3n) is 7.96. The van der Waals surface area contributed by atoms with Crippen molar-refractivity contribution in [2.45, 2.75) is 69.7 Å². The zero-order chi connectivity index (χ0) is 32.1. The van der Waals surface area contributed by atoms with Crippen LogP contribution in [0, 0.1) is 11.8 Å². The zero-order valence-corrected chi connectivity index (χ0v) is 26.4. The van der Waals surface area contributed by atoms with Crippen LogP contribution in [0.1, 0.15) is 38.3 Å². The van der Waals surface area contributed by atoms with E-state index >= 15 is 0 Å². The maximum atomic E-state index is 14.0. The first kappa shape index (κ1) is 32.9. The van der Waals surface area contributed by atoms with Gasteiger partial charge in [0.1, 0.15) is 18.3 Å². The second kappa shape index (κ2) is 14.3. The van der Waals surface area contributed by atoms with Crippen LogP contribution in [0.25, 0.3) is 11.0 Å². The number of sulfonamides is 1. The van der Waals surface area contributed by atoms with Crippen molar-refractivity contribution in [1.29, 1.82) is 0 Å². The molecule has 2 aromatic carbocycles. The molecule has 0 spiro atoms. The quantitative estimate of drug-likeness (QED) is 0.264. The maximum Gasteiger partial charge on any atom is 0.407 e. The molecular weight excluding hydrogens is 604 g/mol. The molecule has 0 saturated carbocycles. The number of carbonyl (C=O) groups is 2. The number of hydrogen-bond acceptors (Lipinski definition) is 10. The van der Waals surface area contributed by atoms with Crippen molar-refractivity contribution in [2.75, 3.05) is 26.3 Å². The van der Waals surface area contributed by atoms with E-state index in [4.69, 9.17) is 23.4 Å². The Labute approximate surface area is 262 Å². The molecule has 2 aliphatic rings. The first-order valence-electron chi connectivity index (χ1n) is 15.1. The second-order valence-corrected chi connectivity index (χ2v) is 13.8. The van der Waals surface area contributed by atoms with Gasteiger partial charge in [-0.3, -0.25) is 4.79 Å². The van der Waals surface area contributed by atoms with Gasteiger partial charge in [0.05, 0.1) is 42.4 Å². The van der Waals surface area contributed by atoms with Crippen molar-refractivity contribution < 1.29 is 46.5 Å². The maximum absolute atomic E-state index is 14.0. The Morgan fingerprint density at radius 3 is 2.62 bits per heavy atom. The van der Waals surface area contributed by atoms with E-state index in [9.17, 15) is 23.1 Å². The zero-order valence-electron chi connectivity index (χ0n) is 25.6. The van der Waals surface area contributed by atoms with Gasteiger partial charge in [0.15, 0.2) is 6.29 Å². The summed E-state index contributed by atoms with van der Waals surface area (Å²) in [7, 11) is -4.12. The summed E-state index contributed by atoms with van der Waals surface area (Å²) >= 11 is 0. The molecule has 12 nitrogen and oxygen atoms in total. The van der Waals surface area contributed by atoms with Gasteiger partial charge in [0.25, 0.3) is 0 Å². The van der Waals surface area contributed by atoms with Crippen LogP contribution in [-0.4, -0.2) is 80.7 Å². The average molecular weight is 645 g/mol. The lowest BCUT2D eigenvalue weighted by molar-refractivity contribution is -0.142. The molecule has 2 aliphatic heterocycles. The van der Waals surface area contributed by atoms with Gasteiger partial charge in [-0.05, 0) is 42.5 Å². The van der Waals surface area contributed by atoms with Crippen LogP contribution in [-0.2, 0) is 46.8 Å². The van der Waals surface area contributed by atoms with Gasteiger partial charge >= 0.3 is 12.1 Å². The molecule has 5 rings (SSSR count). The fraction of sp³-hybridized carbons (Fsp3) is 0.500. The molecule has 3 heterocycles. The lowest BCUT2D eigenvalue weighted by Crippen LogP contribution is -2.51. The number of nitrogens with one attached hydrogen (secondary N) is 1. The van der Waals surface area contributed by atoms with Crippen LogP contribution < -0.4 is 5.32 Å². The Morgan fingerprint density at radius 1 is 1.11 bits per heavy atom. The third kappa shape index (κ3) is 8.03. The highest BCUT2D eigenvalue weighted by Gasteiger charge is 2.44. The number of benzene rings is 2. The van der Waals surface area contributed by atoms with E-state index in [-0.39, 0.29) is 55.7 Å². The van der Waals surface area contributed by atoms with Crippen molar-refractivity contribution in [1.82, 2.24) is 9.62 Å². The summed E-state index contributed by atoms with van der Waals surface area (Å²) in [6.07, 6.45) is -0.488. The molecule has 244 valence electrons. The van der Waals surface area contributed by atoms with E-state index in [2.05, 4.69) is 5.32 Å². The van der Waals surface area contributed by atoms with E-state index in [0.717, 1.165) is 12.0 Å². The first-order valence-corrected chi connectivity index (χ1v) is 16.5. The molecule has 45 heavy (non-hydrogen) atoms. The first-order chi connectivity index (χ1) is 21.5. The minimum Gasteiger partial charge on any atom is -0.464 e. The molecule has 2 saturated heterocycles. The Balaban J connectivity index is 1.36. The van der Waals surface area contributed by atoms with Crippen LogP contribution in [0.15, 0.2) is 64.1 Å². The van der Waals surface area contributed by atoms with Crippen molar-refractivity contribution in [3.05, 3.63) is 65.9 Å². The summed E-state index contributed by atoms with van der Waals surface area (Å²) in [4.78, 5) is 24.4. The Morgan fingerprint density at radius 2 is 1.89 bits per heavy atom. The highest BCUT2D eigenvalue weighted by molar-refractivity contribution is 7.89. The molecule has 0 radical (unpaired) electrons. The number of amides is 1. The van der Waals surface area contributed by atoms with Gasteiger partial charge in [-0.25, -0.2) is 13.2 Å². The van der Waals surface area contributed by atoms with Gasteiger partial charge in [-0.15, -0.1) is 0 Å². The standard InChI is InChI=1S/C32H40N2O10S/c1-20(2)15-34(45(38,39)24-9-10-29-26(14-24)23(18-42-29)17-41-21(3)35)16-28(36)27(13-22-7-5-4-6-8-22)33-32(37)44-30-19-43-31-25(30)11-12-40-31/h4-10,14,18,20,25,27-28,30-31,36H,11-13,15-17,19H2,1-3H3,(H,33,37)/t25-,27-,28+,30-,31+/m0/s1. The van der Waals surface area contributed by atoms with E-state index in [1.165, 1.54) is 29.6 Å². The topological polar surface area (TPSA) is 154 Å². The average Bonchev–Trinajstić information content (AvgIpc) is 3.73. The van der Waals surface area contributed by atoms with Crippen molar-refractivity contribution in [2.24, 2.45) is 11.8 Å². The van der Waals surface area contributed by atoms with Gasteiger partial charge in [0, 0.05) is 31.0 Å². The third-order valence-corrected chi connectivity index (χ3v) is 9.79. The van der Waals surface area contributed by atoms with Crippen molar-refractivity contribution in [3.63, 3.8) is 0 Å². The molecule has 5 atom stereocenters. The molecule has 1 amide bonds. The predicted octanol–water partition coefficient (Wildman–Crippen LogP) is 3.60. The largest absolute Gasteiger partial charge is 0.464 e. The molecule has 1 aromatic heterocycles. The normalized spacial score (nSPS) is 21.2. The summed E-state index contributed by atoms with van der Waals surface area (Å²) in [5.41, 5.74) is 1.82. The summed E-state index contributed by atoms with van der Waals surface area (Å²) in [5.74, 6) is -0.596. The monoisotopic (exact) mass is 644 g/mol. The Bertz CT molecular complexity index is 1580. The van der Waals surface area contributed by atoms with Crippen LogP contribution in [0.2, 0.25) is 0 Å². The van der Waals surface area contributed by atoms with Crippen LogP contribution in [0.4, 0.5) is 4.79 Å². The Hall–Kier alpha value is -3.49. The number of carbonyl (C=O) groups excluding carboxylic acids is 2. The van der Waals surface area contributed by atoms with E-state index in [1.807, 2.05) is 44.2 Å². The van der Waals surface area contributed by atoms with Crippen LogP contribution in [0.5, 0.6) is 0 Å². The van der Waals surface area contributed by atoms with Crippen LogP contribution >= 0.6 is 0 Å². The fourth-order valence-corrected chi connectivity index (χ4v) is 7.35. The van der Waals surface area contributed by atoms with E-state index < -0.39 is 40.3 Å². The molecule has 2 fully saturated rings. The highest BCUT2D eigenvalue weighted by Crippen LogP contribution is 2.33. The molecule has 2 N–H and O–H groups in total. The molecule has 13 heteroatoms. The number of fused-ring (bicyclic) bond motifs is 2. The molecule has 3 aromatic rings. The van der Waals surface area contributed by atoms with Crippen molar-refractivity contribution in [3.8, 4) is 0 Å². The van der Waals surface area contributed by atoms with E-state index in [1.54, 1.807) is 6.07 Å². The minimum atomic E-state index is -4.12. The predicted molar refractivity (Wildman–Crippen MR) is 162 cm³/mol. The SMILES string of the molecule is CC(=O)OCc1coc2ccc(S(=O)(=O)N(CC(C)C)C[C@@H](O)[C@H](Cc3ccccc3)NC(=O)O[C@H]3CO[C@H]4OCC[C@H]43)cc12. The lowest BCUT2D eigenvalue weighted by Gasteiger charge is -2.31. The summed E-state index contributed by atoms with van der Waals surface area (Å²) in [6, 6.07) is 12.9. The minimum absolute atomic E-state index is 0.00475. The van der Waals surface area contributed by atoms with Crippen LogP contribution in [0.3, 0.4) is 0 Å². The smallest absolute Gasteiger partial charge is 0.407 e. The molecule has 0 bridgehead atoms. The van der Waals surface area contributed by atoms with Gasteiger partial charge in [-0.2, -0.15) is 4.31 Å². The van der Waals surface area contributed by atoms with Gasteiger partial charge in [-0.1, -0.05) is 44.2 Å². The number of furan rings is 1. The van der Waals surface area contributed by atoms with E-state index in [0.29, 0.717) is 23.1 Å². The fourth-order valence-electron chi connectivity index (χ4n) is 5.70. The summed E-state index contributed by atoms with van der Waals surface area (Å²) in [5, 5.41) is 14.8. The van der Waals surface area contributed by atoms with Gasteiger partial charge < -0.3 is 33.8 Å². The number of hydrogen-bond donors (Lipinski definition) is 2. The lowest BCUT2D eigenvalue weighted by atomic mass is 10.0. The summed E-state index contributed by atoms with van der Waals surface area (Å²) in [6.45, 7) is 5.58. The molecule has 0 unspecified atom stereocenters. The number of aliphatic hydroxyl groups is 1. The number of alkyl carbamates (subject to hydrolysis) is 1. The number of aliphatic hydroxyl groups excluding tert-OH is 1. The number of rotatable bonds is 13. The Kier molecular flexibility index (Phi) is 10.4. The summed E-state index contributed by atoms with van der Waals surface area (Å²) < 4.78 is 56.7. The van der Waals surface area contributed by atoms with Gasteiger partial charge in [0.2, 0.25) is 10.0 Å². The molecule has 0 aliphatic carbocycles. The number of esters is 1. The highest BCUT2D eigenvalue weighted by atomic mass is 32.2. The number of nitrogens with zero attached hydrogens (tertiary/aromatic N) is 1.